The zero-order valence-electron chi connectivity index (χ0n) is 11.7. The minimum Gasteiger partial charge on any atom is -0.464 e. The Hall–Kier alpha value is -1.58. The third-order valence-corrected chi connectivity index (χ3v) is 3.91. The van der Waals surface area contributed by atoms with Crippen molar-refractivity contribution >= 4 is 11.7 Å². The molecule has 0 amide bonds. The van der Waals surface area contributed by atoms with Crippen LogP contribution >= 0.6 is 0 Å². The number of esters is 1. The Bertz CT molecular complexity index is 428. The van der Waals surface area contributed by atoms with Crippen molar-refractivity contribution in [1.29, 1.82) is 0 Å². The lowest BCUT2D eigenvalue weighted by Crippen LogP contribution is -2.27. The van der Waals surface area contributed by atoms with Crippen LogP contribution in [0.1, 0.15) is 49.5 Å². The molecule has 0 radical (unpaired) electrons. The molecule has 0 aliphatic heterocycles. The molecule has 1 aromatic rings. The number of aromatic nitrogens is 1. The van der Waals surface area contributed by atoms with Gasteiger partial charge in [-0.2, -0.15) is 0 Å². The van der Waals surface area contributed by atoms with E-state index in [4.69, 9.17) is 0 Å². The molecule has 1 N–H and O–H groups in total. The first-order chi connectivity index (χ1) is 9.20. The summed E-state index contributed by atoms with van der Waals surface area (Å²) in [6.45, 7) is 2.22. The minimum atomic E-state index is -0.394. The molecule has 104 valence electrons. The topological polar surface area (TPSA) is 51.2 Å². The molecule has 1 heterocycles. The van der Waals surface area contributed by atoms with Crippen LogP contribution in [0.3, 0.4) is 0 Å². The number of rotatable bonds is 4. The predicted octanol–water partition coefficient (Wildman–Crippen LogP) is 3.25. The quantitative estimate of drug-likeness (QED) is 0.846. The van der Waals surface area contributed by atoms with E-state index in [1.54, 1.807) is 12.3 Å². The first-order valence-corrected chi connectivity index (χ1v) is 7.01. The zero-order valence-corrected chi connectivity index (χ0v) is 11.7. The van der Waals surface area contributed by atoms with Crippen LogP contribution in [0, 0.1) is 5.92 Å². The van der Waals surface area contributed by atoms with Gasteiger partial charge in [-0.3, -0.25) is 0 Å². The average Bonchev–Trinajstić information content (AvgIpc) is 2.47. The molecule has 19 heavy (non-hydrogen) atoms. The fourth-order valence-electron chi connectivity index (χ4n) is 2.75. The Labute approximate surface area is 114 Å². The van der Waals surface area contributed by atoms with Crippen molar-refractivity contribution in [3.05, 3.63) is 24.0 Å². The minimum absolute atomic E-state index is 0.350. The van der Waals surface area contributed by atoms with Gasteiger partial charge in [0.25, 0.3) is 0 Å². The van der Waals surface area contributed by atoms with Gasteiger partial charge < -0.3 is 10.1 Å². The lowest BCUT2D eigenvalue weighted by Gasteiger charge is -2.29. The van der Waals surface area contributed by atoms with Crippen LogP contribution in [-0.4, -0.2) is 24.1 Å². The van der Waals surface area contributed by atoms with Crippen molar-refractivity contribution in [3.8, 4) is 0 Å². The van der Waals surface area contributed by atoms with Crippen molar-refractivity contribution in [3.63, 3.8) is 0 Å². The summed E-state index contributed by atoms with van der Waals surface area (Å²) in [5.74, 6) is 0.331. The van der Waals surface area contributed by atoms with Gasteiger partial charge in [0.2, 0.25) is 0 Å². The second-order valence-corrected chi connectivity index (χ2v) is 5.25. The summed E-state index contributed by atoms with van der Waals surface area (Å²) in [5, 5.41) is 3.48. The second-order valence-electron chi connectivity index (χ2n) is 5.25. The summed E-state index contributed by atoms with van der Waals surface area (Å²) in [4.78, 5) is 15.5. The van der Waals surface area contributed by atoms with Gasteiger partial charge in [0.15, 0.2) is 0 Å². The molecule has 1 aliphatic rings. The molecule has 2 rings (SSSR count). The fraction of sp³-hybridized carbons (Fsp3) is 0.600. The molecular formula is C15H22N2O2. The maximum absolute atomic E-state index is 11.4. The number of nitrogens with zero attached hydrogens (tertiary/aromatic N) is 1. The molecule has 1 aromatic heterocycles. The number of hydrogen-bond donors (Lipinski definition) is 1. The summed E-state index contributed by atoms with van der Waals surface area (Å²) in [6, 6.07) is 4.07. The van der Waals surface area contributed by atoms with Crippen molar-refractivity contribution < 1.29 is 9.53 Å². The van der Waals surface area contributed by atoms with E-state index in [1.165, 1.54) is 39.2 Å². The number of ether oxygens (including phenoxy) is 1. The molecule has 1 atom stereocenters. The monoisotopic (exact) mass is 262 g/mol. The van der Waals surface area contributed by atoms with Crippen molar-refractivity contribution in [2.75, 3.05) is 12.4 Å². The van der Waals surface area contributed by atoms with E-state index in [0.29, 0.717) is 11.7 Å². The largest absolute Gasteiger partial charge is 0.464 e. The number of pyridine rings is 1. The van der Waals surface area contributed by atoms with E-state index < -0.39 is 5.97 Å². The number of methoxy groups -OCH3 is 1. The van der Waals surface area contributed by atoms with Crippen LogP contribution in [0.5, 0.6) is 0 Å². The van der Waals surface area contributed by atoms with Crippen LogP contribution < -0.4 is 5.32 Å². The highest BCUT2D eigenvalue weighted by Gasteiger charge is 2.20. The number of hydrogen-bond acceptors (Lipinski definition) is 4. The molecule has 1 aliphatic carbocycles. The Morgan fingerprint density at radius 2 is 2.16 bits per heavy atom. The van der Waals surface area contributed by atoms with E-state index in [9.17, 15) is 4.79 Å². The molecule has 0 saturated heterocycles. The van der Waals surface area contributed by atoms with Crippen LogP contribution in [0.25, 0.3) is 0 Å². The smallest absolute Gasteiger partial charge is 0.356 e. The zero-order chi connectivity index (χ0) is 13.7. The Kier molecular flexibility index (Phi) is 4.77. The maximum atomic E-state index is 11.4. The molecule has 1 saturated carbocycles. The summed E-state index contributed by atoms with van der Waals surface area (Å²) >= 11 is 0. The van der Waals surface area contributed by atoms with Gasteiger partial charge in [-0.1, -0.05) is 19.3 Å². The summed E-state index contributed by atoms with van der Waals surface area (Å²) in [7, 11) is 1.37. The van der Waals surface area contributed by atoms with Crippen LogP contribution in [0.4, 0.5) is 5.69 Å². The van der Waals surface area contributed by atoms with Gasteiger partial charge in [-0.25, -0.2) is 9.78 Å². The first kappa shape index (κ1) is 13.8. The number of carbonyl (C=O) groups is 1. The predicted molar refractivity (Wildman–Crippen MR) is 75.2 cm³/mol. The van der Waals surface area contributed by atoms with E-state index >= 15 is 0 Å². The van der Waals surface area contributed by atoms with Gasteiger partial charge in [-0.05, 0) is 37.8 Å². The second kappa shape index (κ2) is 6.55. The Morgan fingerprint density at radius 1 is 1.42 bits per heavy atom. The van der Waals surface area contributed by atoms with Gasteiger partial charge in [0, 0.05) is 17.9 Å². The number of nitrogens with one attached hydrogen (secondary N) is 1. The lowest BCUT2D eigenvalue weighted by atomic mass is 9.84. The van der Waals surface area contributed by atoms with Gasteiger partial charge in [0.1, 0.15) is 5.69 Å². The molecule has 0 spiro atoms. The first-order valence-electron chi connectivity index (χ1n) is 7.01. The fourth-order valence-corrected chi connectivity index (χ4v) is 2.75. The van der Waals surface area contributed by atoms with E-state index in [2.05, 4.69) is 22.0 Å². The summed E-state index contributed by atoms with van der Waals surface area (Å²) in [5.41, 5.74) is 1.29. The lowest BCUT2D eigenvalue weighted by molar-refractivity contribution is 0.0594. The molecule has 4 nitrogen and oxygen atoms in total. The van der Waals surface area contributed by atoms with Gasteiger partial charge in [-0.15, -0.1) is 0 Å². The Balaban J connectivity index is 1.99. The highest BCUT2D eigenvalue weighted by molar-refractivity contribution is 5.88. The third-order valence-electron chi connectivity index (χ3n) is 3.91. The van der Waals surface area contributed by atoms with Gasteiger partial charge >= 0.3 is 5.97 Å². The summed E-state index contributed by atoms with van der Waals surface area (Å²) < 4.78 is 4.68. The molecule has 1 unspecified atom stereocenters. The third kappa shape index (κ3) is 3.69. The SMILES string of the molecule is COC(=O)c1cc(NC(C)C2CCCCC2)ccn1. The van der Waals surface area contributed by atoms with Crippen LogP contribution in [0.2, 0.25) is 0 Å². The number of carbonyl (C=O) groups excluding carboxylic acids is 1. The normalized spacial score (nSPS) is 17.8. The average molecular weight is 262 g/mol. The molecule has 1 fully saturated rings. The highest BCUT2D eigenvalue weighted by Crippen LogP contribution is 2.28. The summed E-state index contributed by atoms with van der Waals surface area (Å²) in [6.07, 6.45) is 8.26. The molecular weight excluding hydrogens is 240 g/mol. The number of anilines is 1. The van der Waals surface area contributed by atoms with Crippen LogP contribution in [0.15, 0.2) is 18.3 Å². The van der Waals surface area contributed by atoms with E-state index in [1.807, 2.05) is 6.07 Å². The standard InChI is InChI=1S/C15H22N2O2/c1-11(12-6-4-3-5-7-12)17-13-8-9-16-14(10-13)15(18)19-2/h8-12H,3-7H2,1-2H3,(H,16,17). The molecule has 4 heteroatoms. The van der Waals surface area contributed by atoms with Crippen molar-refractivity contribution in [1.82, 2.24) is 4.98 Å². The van der Waals surface area contributed by atoms with E-state index in [-0.39, 0.29) is 0 Å². The van der Waals surface area contributed by atoms with Crippen molar-refractivity contribution in [2.45, 2.75) is 45.1 Å². The molecule has 0 aromatic carbocycles. The Morgan fingerprint density at radius 3 is 2.84 bits per heavy atom. The van der Waals surface area contributed by atoms with Gasteiger partial charge in [0.05, 0.1) is 7.11 Å². The maximum Gasteiger partial charge on any atom is 0.356 e. The van der Waals surface area contributed by atoms with E-state index in [0.717, 1.165) is 11.6 Å². The highest BCUT2D eigenvalue weighted by atomic mass is 16.5. The van der Waals surface area contributed by atoms with Crippen molar-refractivity contribution in [2.24, 2.45) is 5.92 Å². The van der Waals surface area contributed by atoms with Crippen LogP contribution in [-0.2, 0) is 4.74 Å². The molecule has 0 bridgehead atoms.